The number of hydrogen-bond donors (Lipinski definition) is 0. The maximum absolute atomic E-state index is 6.44. The third kappa shape index (κ3) is 3.31. The van der Waals surface area contributed by atoms with Crippen LogP contribution in [-0.4, -0.2) is 31.7 Å². The summed E-state index contributed by atoms with van der Waals surface area (Å²) in [4.78, 5) is 0. The molecule has 0 N–H and O–H groups in total. The minimum Gasteiger partial charge on any atom is -0.493 e. The smallest absolute Gasteiger partial charge is 0.231 e. The molecular formula is C25H21ClN2O5. The Hall–Kier alpha value is -3.58. The minimum atomic E-state index is -0.435. The zero-order valence-electron chi connectivity index (χ0n) is 18.1. The van der Waals surface area contributed by atoms with Crippen LogP contribution in [0.4, 0.5) is 0 Å². The number of nitrogens with zero attached hydrogens (tertiary/aromatic N) is 2. The van der Waals surface area contributed by atoms with Gasteiger partial charge in [0.05, 0.1) is 26.0 Å². The van der Waals surface area contributed by atoms with Crippen LogP contribution in [-0.2, 0) is 0 Å². The fourth-order valence-electron chi connectivity index (χ4n) is 4.54. The highest BCUT2D eigenvalue weighted by Gasteiger charge is 2.41. The summed E-state index contributed by atoms with van der Waals surface area (Å²) in [5.74, 6) is 3.57. The maximum Gasteiger partial charge on any atom is 0.231 e. The Morgan fingerprint density at radius 1 is 0.909 bits per heavy atom. The van der Waals surface area contributed by atoms with E-state index in [0.29, 0.717) is 22.9 Å². The van der Waals surface area contributed by atoms with E-state index in [1.165, 1.54) is 0 Å². The molecule has 0 aromatic heterocycles. The Labute approximate surface area is 196 Å². The van der Waals surface area contributed by atoms with Crippen LogP contribution < -0.4 is 23.7 Å². The van der Waals surface area contributed by atoms with Gasteiger partial charge in [0.1, 0.15) is 5.75 Å². The van der Waals surface area contributed by atoms with Crippen molar-refractivity contribution in [2.45, 2.75) is 18.7 Å². The van der Waals surface area contributed by atoms with Gasteiger partial charge in [-0.1, -0.05) is 11.6 Å². The first kappa shape index (κ1) is 20.1. The highest BCUT2D eigenvalue weighted by atomic mass is 35.5. The summed E-state index contributed by atoms with van der Waals surface area (Å²) in [6, 6.07) is 17.4. The summed E-state index contributed by atoms with van der Waals surface area (Å²) in [5.41, 5.74) is 3.86. The zero-order chi connectivity index (χ0) is 22.5. The van der Waals surface area contributed by atoms with Crippen LogP contribution in [0.3, 0.4) is 0 Å². The van der Waals surface area contributed by atoms with E-state index in [1.807, 2.05) is 59.6 Å². The van der Waals surface area contributed by atoms with Crippen molar-refractivity contribution in [3.05, 3.63) is 76.3 Å². The molecule has 0 aliphatic carbocycles. The number of halogens is 1. The van der Waals surface area contributed by atoms with Crippen LogP contribution in [0.5, 0.6) is 28.7 Å². The number of hydrogen-bond acceptors (Lipinski definition) is 7. The molecule has 0 unspecified atom stereocenters. The average Bonchev–Trinajstić information content (AvgIpc) is 3.50. The quantitative estimate of drug-likeness (QED) is 0.520. The van der Waals surface area contributed by atoms with Crippen LogP contribution in [0.2, 0.25) is 5.02 Å². The number of methoxy groups -OCH3 is 2. The maximum atomic E-state index is 6.44. The Bertz CT molecular complexity index is 1280. The molecule has 3 aliphatic heterocycles. The fourth-order valence-corrected chi connectivity index (χ4v) is 4.72. The third-order valence-electron chi connectivity index (χ3n) is 6.15. The molecule has 6 rings (SSSR count). The van der Waals surface area contributed by atoms with E-state index < -0.39 is 6.23 Å². The van der Waals surface area contributed by atoms with Gasteiger partial charge in [-0.3, -0.25) is 0 Å². The van der Waals surface area contributed by atoms with Crippen LogP contribution in [0.1, 0.15) is 35.4 Å². The van der Waals surface area contributed by atoms with Gasteiger partial charge in [-0.25, -0.2) is 5.01 Å². The van der Waals surface area contributed by atoms with Gasteiger partial charge in [0.2, 0.25) is 13.0 Å². The molecule has 0 fully saturated rings. The van der Waals surface area contributed by atoms with Crippen molar-refractivity contribution in [3.8, 4) is 28.7 Å². The molecule has 0 saturated heterocycles. The fraction of sp³-hybridized carbons (Fsp3) is 0.240. The van der Waals surface area contributed by atoms with Crippen LogP contribution in [0, 0.1) is 0 Å². The first-order valence-corrected chi connectivity index (χ1v) is 11.0. The molecule has 0 amide bonds. The Morgan fingerprint density at radius 3 is 2.58 bits per heavy atom. The number of benzene rings is 3. The van der Waals surface area contributed by atoms with Gasteiger partial charge in [-0.05, 0) is 54.6 Å². The first-order chi connectivity index (χ1) is 16.1. The topological polar surface area (TPSA) is 61.8 Å². The van der Waals surface area contributed by atoms with Gasteiger partial charge in [-0.2, -0.15) is 5.10 Å². The van der Waals surface area contributed by atoms with Crippen LogP contribution >= 0.6 is 11.6 Å². The van der Waals surface area contributed by atoms with Crippen molar-refractivity contribution in [1.82, 2.24) is 5.01 Å². The van der Waals surface area contributed by atoms with Crippen LogP contribution in [0.25, 0.3) is 0 Å². The molecule has 3 heterocycles. The number of rotatable bonds is 4. The summed E-state index contributed by atoms with van der Waals surface area (Å²) >= 11 is 6.34. The number of ether oxygens (including phenoxy) is 5. The summed E-state index contributed by atoms with van der Waals surface area (Å²) in [6.07, 6.45) is 0.273. The molecule has 0 radical (unpaired) electrons. The second-order valence-electron chi connectivity index (χ2n) is 7.98. The second-order valence-corrected chi connectivity index (χ2v) is 8.42. The van der Waals surface area contributed by atoms with Crippen molar-refractivity contribution >= 4 is 17.3 Å². The molecule has 0 spiro atoms. The summed E-state index contributed by atoms with van der Waals surface area (Å²) in [5, 5.41) is 7.67. The van der Waals surface area contributed by atoms with E-state index in [1.54, 1.807) is 14.2 Å². The molecule has 7 nitrogen and oxygen atoms in total. The Morgan fingerprint density at radius 2 is 1.73 bits per heavy atom. The Balaban J connectivity index is 1.43. The monoisotopic (exact) mass is 464 g/mol. The lowest BCUT2D eigenvalue weighted by Gasteiger charge is -2.38. The number of hydrazone groups is 1. The van der Waals surface area contributed by atoms with Crippen molar-refractivity contribution in [1.29, 1.82) is 0 Å². The standard InChI is InChI=1S/C25H21ClN2O5/c1-29-21-6-4-15(10-23(21)30-2)25-28-19(17-11-16(26)5-8-20(17)33-25)12-18(27-28)14-3-7-22-24(9-14)32-13-31-22/h3-11,19,25H,12-13H2,1-2H3/t19-,25-/m0/s1. The average molecular weight is 465 g/mol. The molecule has 3 aromatic carbocycles. The van der Waals surface area contributed by atoms with Gasteiger partial charge in [0.15, 0.2) is 23.0 Å². The molecule has 33 heavy (non-hydrogen) atoms. The minimum absolute atomic E-state index is 0.0223. The van der Waals surface area contributed by atoms with E-state index in [2.05, 4.69) is 0 Å². The summed E-state index contributed by atoms with van der Waals surface area (Å²) in [7, 11) is 3.24. The lowest BCUT2D eigenvalue weighted by molar-refractivity contribution is -0.0191. The highest BCUT2D eigenvalue weighted by Crippen LogP contribution is 2.49. The molecule has 8 heteroatoms. The van der Waals surface area contributed by atoms with Crippen LogP contribution in [0.15, 0.2) is 59.7 Å². The largest absolute Gasteiger partial charge is 0.493 e. The first-order valence-electron chi connectivity index (χ1n) is 10.6. The van der Waals surface area contributed by atoms with E-state index in [0.717, 1.165) is 39.7 Å². The van der Waals surface area contributed by atoms with Gasteiger partial charge in [0, 0.05) is 28.1 Å². The van der Waals surface area contributed by atoms with Gasteiger partial charge in [-0.15, -0.1) is 0 Å². The van der Waals surface area contributed by atoms with E-state index >= 15 is 0 Å². The second kappa shape index (κ2) is 7.78. The third-order valence-corrected chi connectivity index (χ3v) is 6.39. The van der Waals surface area contributed by atoms with Crippen molar-refractivity contribution in [2.24, 2.45) is 5.10 Å². The van der Waals surface area contributed by atoms with E-state index in [-0.39, 0.29) is 12.8 Å². The molecule has 0 saturated carbocycles. The van der Waals surface area contributed by atoms with Crippen molar-refractivity contribution in [2.75, 3.05) is 21.0 Å². The van der Waals surface area contributed by atoms with Gasteiger partial charge < -0.3 is 23.7 Å². The number of fused-ring (bicyclic) bond motifs is 4. The van der Waals surface area contributed by atoms with E-state index in [9.17, 15) is 0 Å². The molecule has 0 bridgehead atoms. The highest BCUT2D eigenvalue weighted by molar-refractivity contribution is 6.30. The predicted octanol–water partition coefficient (Wildman–Crippen LogP) is 5.33. The molecule has 3 aromatic rings. The van der Waals surface area contributed by atoms with Gasteiger partial charge in [0.25, 0.3) is 0 Å². The molecular weight excluding hydrogens is 444 g/mol. The van der Waals surface area contributed by atoms with Crippen molar-refractivity contribution in [3.63, 3.8) is 0 Å². The van der Waals surface area contributed by atoms with E-state index in [4.69, 9.17) is 40.4 Å². The molecule has 168 valence electrons. The lowest BCUT2D eigenvalue weighted by Crippen LogP contribution is -2.33. The predicted molar refractivity (Wildman–Crippen MR) is 123 cm³/mol. The molecule has 2 atom stereocenters. The normalized spacial score (nSPS) is 20.0. The van der Waals surface area contributed by atoms with Gasteiger partial charge >= 0.3 is 0 Å². The lowest BCUT2D eigenvalue weighted by atomic mass is 9.95. The molecule has 3 aliphatic rings. The van der Waals surface area contributed by atoms with Crippen molar-refractivity contribution < 1.29 is 23.7 Å². The Kier molecular flexibility index (Phi) is 4.73. The summed E-state index contributed by atoms with van der Waals surface area (Å²) in [6.45, 7) is 0.237. The zero-order valence-corrected chi connectivity index (χ0v) is 18.8. The SMILES string of the molecule is COc1ccc([C@@H]2Oc3ccc(Cl)cc3[C@@H]3CC(c4ccc5c(c4)OCO5)=NN32)cc1OC. The summed E-state index contributed by atoms with van der Waals surface area (Å²) < 4.78 is 28.4.